The summed E-state index contributed by atoms with van der Waals surface area (Å²) in [5.41, 5.74) is -3.81. The molecule has 7 nitrogen and oxygen atoms in total. The summed E-state index contributed by atoms with van der Waals surface area (Å²) in [5.74, 6) is -0.506. The normalized spacial score (nSPS) is 13.1. The summed E-state index contributed by atoms with van der Waals surface area (Å²) in [5, 5.41) is 11.9. The molecule has 0 radical (unpaired) electrons. The Labute approximate surface area is 152 Å². The van der Waals surface area contributed by atoms with Crippen molar-refractivity contribution in [1.29, 1.82) is 0 Å². The summed E-state index contributed by atoms with van der Waals surface area (Å²) in [6, 6.07) is 4.95. The minimum absolute atomic E-state index is 0.0340. The number of fused-ring (bicyclic) bond motifs is 1. The quantitative estimate of drug-likeness (QED) is 0.430. The SMILES string of the molecule is CCCCS(=O)(=O)O/N=C(\c1cc2ccc(CO)cc2oc1=O)C(F)(F)F. The van der Waals surface area contributed by atoms with Gasteiger partial charge >= 0.3 is 21.9 Å². The lowest BCUT2D eigenvalue weighted by molar-refractivity contribution is -0.0598. The Morgan fingerprint density at radius 3 is 2.59 bits per heavy atom. The molecule has 0 spiro atoms. The van der Waals surface area contributed by atoms with Gasteiger partial charge in [0.15, 0.2) is 5.71 Å². The van der Waals surface area contributed by atoms with Crippen molar-refractivity contribution in [3.8, 4) is 0 Å². The minimum atomic E-state index is -5.16. The van der Waals surface area contributed by atoms with E-state index >= 15 is 0 Å². The number of oxime groups is 1. The predicted molar refractivity (Wildman–Crippen MR) is 90.8 cm³/mol. The first kappa shape index (κ1) is 20.9. The van der Waals surface area contributed by atoms with Crippen LogP contribution in [0.2, 0.25) is 0 Å². The maximum absolute atomic E-state index is 13.3. The molecule has 0 saturated carbocycles. The molecule has 0 aliphatic heterocycles. The van der Waals surface area contributed by atoms with Gasteiger partial charge in [0.05, 0.1) is 17.9 Å². The molecular formula is C16H16F3NO6S. The molecule has 0 aliphatic carbocycles. The monoisotopic (exact) mass is 407 g/mol. The first-order valence-corrected chi connectivity index (χ1v) is 9.39. The molecule has 0 unspecified atom stereocenters. The van der Waals surface area contributed by atoms with Gasteiger partial charge in [0.25, 0.3) is 0 Å². The maximum atomic E-state index is 13.3. The van der Waals surface area contributed by atoms with Crippen molar-refractivity contribution >= 4 is 26.8 Å². The van der Waals surface area contributed by atoms with Gasteiger partial charge in [-0.15, -0.1) is 0 Å². The van der Waals surface area contributed by atoms with Gasteiger partial charge in [-0.2, -0.15) is 21.6 Å². The molecule has 0 amide bonds. The standard InChI is InChI=1S/C16H16F3NO6S/c1-2-3-6-27(23,24)26-20-14(16(17,18)19)12-8-11-5-4-10(9-21)7-13(11)25-15(12)22/h4-5,7-8,21H,2-3,6,9H2,1H3/b20-14+. The van der Waals surface area contributed by atoms with Crippen LogP contribution >= 0.6 is 0 Å². The molecule has 1 N–H and O–H groups in total. The van der Waals surface area contributed by atoms with E-state index in [1.807, 2.05) is 0 Å². The number of halogens is 3. The average molecular weight is 407 g/mol. The second-order valence-corrected chi connectivity index (χ2v) is 7.28. The Kier molecular flexibility index (Phi) is 6.26. The fourth-order valence-electron chi connectivity index (χ4n) is 2.13. The predicted octanol–water partition coefficient (Wildman–Crippen LogP) is 2.70. The van der Waals surface area contributed by atoms with E-state index in [2.05, 4.69) is 9.44 Å². The molecule has 0 atom stereocenters. The van der Waals surface area contributed by atoms with Crippen LogP contribution < -0.4 is 5.63 Å². The van der Waals surface area contributed by atoms with Gasteiger partial charge < -0.3 is 9.52 Å². The van der Waals surface area contributed by atoms with E-state index < -0.39 is 38.9 Å². The first-order chi connectivity index (χ1) is 12.6. The Balaban J connectivity index is 2.53. The lowest BCUT2D eigenvalue weighted by Crippen LogP contribution is -2.30. The van der Waals surface area contributed by atoms with Crippen LogP contribution in [0.3, 0.4) is 0 Å². The van der Waals surface area contributed by atoms with Gasteiger partial charge in [0.1, 0.15) is 5.58 Å². The lowest BCUT2D eigenvalue weighted by Gasteiger charge is -2.10. The van der Waals surface area contributed by atoms with E-state index in [0.29, 0.717) is 12.0 Å². The number of aliphatic hydroxyl groups is 1. The van der Waals surface area contributed by atoms with Crippen LogP contribution in [0.1, 0.15) is 30.9 Å². The van der Waals surface area contributed by atoms with Gasteiger partial charge in [-0.3, -0.25) is 4.28 Å². The number of hydrogen-bond acceptors (Lipinski definition) is 7. The summed E-state index contributed by atoms with van der Waals surface area (Å²) in [6.45, 7) is 1.35. The number of nitrogens with zero attached hydrogens (tertiary/aromatic N) is 1. The molecule has 148 valence electrons. The highest BCUT2D eigenvalue weighted by molar-refractivity contribution is 7.86. The molecule has 0 saturated heterocycles. The third-order valence-corrected chi connectivity index (χ3v) is 4.59. The highest BCUT2D eigenvalue weighted by Crippen LogP contribution is 2.24. The van der Waals surface area contributed by atoms with E-state index in [4.69, 9.17) is 9.52 Å². The number of rotatable bonds is 7. The summed E-state index contributed by atoms with van der Waals surface area (Å²) >= 11 is 0. The van der Waals surface area contributed by atoms with E-state index in [1.54, 1.807) is 6.92 Å². The van der Waals surface area contributed by atoms with E-state index in [0.717, 1.165) is 6.07 Å². The highest BCUT2D eigenvalue weighted by Gasteiger charge is 2.40. The fraction of sp³-hybridized carbons (Fsp3) is 0.375. The summed E-state index contributed by atoms with van der Waals surface area (Å²) in [4.78, 5) is 12.0. The van der Waals surface area contributed by atoms with Crippen molar-refractivity contribution in [2.75, 3.05) is 5.75 Å². The number of benzene rings is 1. The highest BCUT2D eigenvalue weighted by atomic mass is 32.2. The molecule has 1 aromatic heterocycles. The van der Waals surface area contributed by atoms with Crippen LogP contribution in [0.25, 0.3) is 11.0 Å². The van der Waals surface area contributed by atoms with Crippen molar-refractivity contribution in [2.24, 2.45) is 5.16 Å². The molecule has 1 heterocycles. The Morgan fingerprint density at radius 1 is 1.30 bits per heavy atom. The summed E-state index contributed by atoms with van der Waals surface area (Å²) < 4.78 is 72.1. The van der Waals surface area contributed by atoms with Crippen molar-refractivity contribution in [3.63, 3.8) is 0 Å². The van der Waals surface area contributed by atoms with Crippen LogP contribution in [0, 0.1) is 0 Å². The molecule has 0 bridgehead atoms. The molecule has 2 aromatic rings. The average Bonchev–Trinajstić information content (AvgIpc) is 2.58. The Morgan fingerprint density at radius 2 is 2.00 bits per heavy atom. The number of aliphatic hydroxyl groups excluding tert-OH is 1. The zero-order valence-electron chi connectivity index (χ0n) is 14.1. The number of hydrogen-bond donors (Lipinski definition) is 1. The minimum Gasteiger partial charge on any atom is -0.422 e. The second kappa shape index (κ2) is 8.09. The van der Waals surface area contributed by atoms with Crippen LogP contribution in [0.4, 0.5) is 13.2 Å². The maximum Gasteiger partial charge on any atom is 0.437 e. The van der Waals surface area contributed by atoms with E-state index in [-0.39, 0.29) is 24.0 Å². The number of alkyl halides is 3. The zero-order valence-corrected chi connectivity index (χ0v) is 14.9. The van der Waals surface area contributed by atoms with E-state index in [1.165, 1.54) is 18.2 Å². The first-order valence-electron chi connectivity index (χ1n) is 7.82. The summed E-state index contributed by atoms with van der Waals surface area (Å²) in [7, 11) is -4.32. The third kappa shape index (κ3) is 5.30. The van der Waals surface area contributed by atoms with E-state index in [9.17, 15) is 26.4 Å². The van der Waals surface area contributed by atoms with Crippen LogP contribution in [-0.2, 0) is 21.0 Å². The largest absolute Gasteiger partial charge is 0.437 e. The number of unbranched alkanes of at least 4 members (excludes halogenated alkanes) is 1. The summed E-state index contributed by atoms with van der Waals surface area (Å²) in [6.07, 6.45) is -4.49. The molecule has 0 fully saturated rings. The molecule has 27 heavy (non-hydrogen) atoms. The zero-order chi connectivity index (χ0) is 20.2. The van der Waals surface area contributed by atoms with Crippen LogP contribution in [0.15, 0.2) is 38.6 Å². The molecule has 2 rings (SSSR count). The van der Waals surface area contributed by atoms with Gasteiger partial charge in [-0.1, -0.05) is 30.6 Å². The van der Waals surface area contributed by atoms with Crippen molar-refractivity contribution in [3.05, 3.63) is 45.8 Å². The van der Waals surface area contributed by atoms with Crippen molar-refractivity contribution in [1.82, 2.24) is 0 Å². The third-order valence-electron chi connectivity index (χ3n) is 3.50. The molecule has 0 aliphatic rings. The van der Waals surface area contributed by atoms with Crippen molar-refractivity contribution < 1.29 is 35.4 Å². The van der Waals surface area contributed by atoms with Crippen LogP contribution in [-0.4, -0.2) is 31.2 Å². The Hall–Kier alpha value is -2.40. The van der Waals surface area contributed by atoms with Crippen LogP contribution in [0.5, 0.6) is 0 Å². The molecule has 11 heteroatoms. The Bertz CT molecular complexity index is 1010. The second-order valence-electron chi connectivity index (χ2n) is 5.61. The van der Waals surface area contributed by atoms with Gasteiger partial charge in [0, 0.05) is 5.39 Å². The smallest absolute Gasteiger partial charge is 0.422 e. The molecular weight excluding hydrogens is 391 g/mol. The fourth-order valence-corrected chi connectivity index (χ4v) is 3.03. The lowest BCUT2D eigenvalue weighted by atomic mass is 10.1. The van der Waals surface area contributed by atoms with Gasteiger partial charge in [0.2, 0.25) is 0 Å². The van der Waals surface area contributed by atoms with Crippen molar-refractivity contribution in [2.45, 2.75) is 32.5 Å². The van der Waals surface area contributed by atoms with Gasteiger partial charge in [-0.25, -0.2) is 4.79 Å². The molecule has 1 aromatic carbocycles. The van der Waals surface area contributed by atoms with Gasteiger partial charge in [-0.05, 0) is 24.1 Å². The topological polar surface area (TPSA) is 106 Å².